The highest BCUT2D eigenvalue weighted by Gasteiger charge is 2.38. The van der Waals surface area contributed by atoms with Gasteiger partial charge in [0, 0.05) is 35.3 Å². The quantitative estimate of drug-likeness (QED) is 0.395. The Bertz CT molecular complexity index is 1120. The largest absolute Gasteiger partial charge is 0.422 e. The van der Waals surface area contributed by atoms with E-state index in [0.29, 0.717) is 5.58 Å². The maximum absolute atomic E-state index is 12.9. The maximum Gasteiger partial charge on any atom is 0.347 e. The second kappa shape index (κ2) is 5.70. The van der Waals surface area contributed by atoms with E-state index in [-0.39, 0.29) is 16.8 Å². The lowest BCUT2D eigenvalue weighted by Gasteiger charge is -2.23. The molecule has 0 saturated heterocycles. The molecule has 2 heterocycles. The number of fused-ring (bicyclic) bond motifs is 2. The van der Waals surface area contributed by atoms with Crippen molar-refractivity contribution in [1.82, 2.24) is 0 Å². The number of likely N-dealkylation sites (N-methyl/N-ethyl adjacent to an activating group) is 1. The molecular formula is C22H19NO3. The van der Waals surface area contributed by atoms with Gasteiger partial charge in [0.05, 0.1) is 0 Å². The van der Waals surface area contributed by atoms with Crippen LogP contribution in [0.25, 0.3) is 11.0 Å². The van der Waals surface area contributed by atoms with Crippen molar-refractivity contribution in [1.29, 1.82) is 0 Å². The molecule has 2 aromatic carbocycles. The molecule has 0 aliphatic carbocycles. The normalized spacial score (nSPS) is 16.9. The fraction of sp³-hybridized carbons (Fsp3) is 0.182. The van der Waals surface area contributed by atoms with Crippen LogP contribution in [0, 0.1) is 0 Å². The van der Waals surface area contributed by atoms with E-state index in [9.17, 15) is 9.59 Å². The molecule has 0 spiro atoms. The fourth-order valence-corrected chi connectivity index (χ4v) is 3.69. The second-order valence-corrected chi connectivity index (χ2v) is 7.08. The number of hydrogen-bond donors (Lipinski definition) is 0. The first-order valence-electron chi connectivity index (χ1n) is 8.52. The summed E-state index contributed by atoms with van der Waals surface area (Å²) in [7, 11) is 1.94. The van der Waals surface area contributed by atoms with Crippen LogP contribution in [-0.4, -0.2) is 12.8 Å². The number of ketones is 1. The summed E-state index contributed by atoms with van der Waals surface area (Å²) in [5.74, 6) is -0.341. The Balaban J connectivity index is 1.81. The molecule has 1 aliphatic heterocycles. The van der Waals surface area contributed by atoms with Gasteiger partial charge in [-0.1, -0.05) is 50.2 Å². The van der Waals surface area contributed by atoms with Crippen molar-refractivity contribution in [3.63, 3.8) is 0 Å². The summed E-state index contributed by atoms with van der Waals surface area (Å²) in [4.78, 5) is 27.2. The van der Waals surface area contributed by atoms with Gasteiger partial charge in [0.2, 0.25) is 0 Å². The molecule has 0 bridgehead atoms. The van der Waals surface area contributed by atoms with Crippen molar-refractivity contribution < 1.29 is 9.21 Å². The fourth-order valence-electron chi connectivity index (χ4n) is 3.69. The third kappa shape index (κ3) is 2.37. The van der Waals surface area contributed by atoms with E-state index in [1.165, 1.54) is 0 Å². The van der Waals surface area contributed by atoms with Gasteiger partial charge < -0.3 is 9.32 Å². The summed E-state index contributed by atoms with van der Waals surface area (Å²) < 4.78 is 5.30. The lowest BCUT2D eigenvalue weighted by Crippen LogP contribution is -2.25. The average Bonchev–Trinajstić information content (AvgIpc) is 2.82. The molecule has 3 aromatic rings. The zero-order chi connectivity index (χ0) is 18.5. The second-order valence-electron chi connectivity index (χ2n) is 7.08. The average molecular weight is 345 g/mol. The number of anilines is 1. The van der Waals surface area contributed by atoms with Crippen LogP contribution in [0.1, 0.15) is 29.8 Å². The Hall–Kier alpha value is -3.14. The van der Waals surface area contributed by atoms with E-state index in [2.05, 4.69) is 19.9 Å². The van der Waals surface area contributed by atoms with E-state index in [1.807, 2.05) is 42.3 Å². The Morgan fingerprint density at radius 3 is 2.54 bits per heavy atom. The SMILES string of the molecule is CN1C(=CC(=O)c2cc3ccccc3oc2=O)C(C)(C)c2ccccc21. The standard InChI is InChI=1S/C22H19NO3/c1-22(2)16-9-5-6-10-17(16)23(3)20(22)13-18(24)15-12-14-8-4-7-11-19(14)26-21(15)25/h4-13H,1-3H3. The molecule has 0 unspecified atom stereocenters. The number of benzene rings is 2. The van der Waals surface area contributed by atoms with E-state index in [0.717, 1.165) is 22.3 Å². The monoisotopic (exact) mass is 345 g/mol. The predicted octanol–water partition coefficient (Wildman–Crippen LogP) is 4.29. The lowest BCUT2D eigenvalue weighted by atomic mass is 9.83. The highest BCUT2D eigenvalue weighted by Crippen LogP contribution is 2.46. The molecule has 0 atom stereocenters. The predicted molar refractivity (Wildman–Crippen MR) is 103 cm³/mol. The minimum absolute atomic E-state index is 0.0522. The number of nitrogens with zero attached hydrogens (tertiary/aromatic N) is 1. The summed E-state index contributed by atoms with van der Waals surface area (Å²) in [5.41, 5.74) is 2.69. The molecule has 0 N–H and O–H groups in total. The molecule has 4 nitrogen and oxygen atoms in total. The van der Waals surface area contributed by atoms with Crippen LogP contribution in [0.5, 0.6) is 0 Å². The molecule has 4 heteroatoms. The van der Waals surface area contributed by atoms with Gasteiger partial charge in [-0.25, -0.2) is 4.79 Å². The Kier molecular flexibility index (Phi) is 3.58. The molecule has 0 amide bonds. The number of hydrogen-bond acceptors (Lipinski definition) is 4. The number of allylic oxidation sites excluding steroid dienone is 2. The van der Waals surface area contributed by atoms with Crippen molar-refractivity contribution in [3.05, 3.63) is 87.9 Å². The highest BCUT2D eigenvalue weighted by molar-refractivity contribution is 6.06. The van der Waals surface area contributed by atoms with Crippen LogP contribution in [0.3, 0.4) is 0 Å². The third-order valence-corrected chi connectivity index (χ3v) is 5.12. The summed E-state index contributed by atoms with van der Waals surface area (Å²) in [6.07, 6.45) is 1.56. The molecule has 26 heavy (non-hydrogen) atoms. The van der Waals surface area contributed by atoms with Crippen LogP contribution >= 0.6 is 0 Å². The van der Waals surface area contributed by atoms with E-state index >= 15 is 0 Å². The van der Waals surface area contributed by atoms with Gasteiger partial charge in [0.15, 0.2) is 5.78 Å². The maximum atomic E-state index is 12.9. The molecular weight excluding hydrogens is 326 g/mol. The smallest absolute Gasteiger partial charge is 0.347 e. The number of carbonyl (C=O) groups excluding carboxylic acids is 1. The lowest BCUT2D eigenvalue weighted by molar-refractivity contribution is 0.104. The van der Waals surface area contributed by atoms with E-state index in [4.69, 9.17) is 4.42 Å². The van der Waals surface area contributed by atoms with Gasteiger partial charge >= 0.3 is 5.63 Å². The number of carbonyl (C=O) groups is 1. The third-order valence-electron chi connectivity index (χ3n) is 5.12. The van der Waals surface area contributed by atoms with Gasteiger partial charge in [-0.15, -0.1) is 0 Å². The van der Waals surface area contributed by atoms with Crippen molar-refractivity contribution in [2.75, 3.05) is 11.9 Å². The summed E-state index contributed by atoms with van der Waals surface area (Å²) >= 11 is 0. The summed E-state index contributed by atoms with van der Waals surface area (Å²) in [6, 6.07) is 16.9. The minimum Gasteiger partial charge on any atom is -0.422 e. The molecule has 0 radical (unpaired) electrons. The molecule has 0 saturated carbocycles. The van der Waals surface area contributed by atoms with Gasteiger partial charge in [0.25, 0.3) is 0 Å². The van der Waals surface area contributed by atoms with Gasteiger partial charge in [-0.3, -0.25) is 4.79 Å². The van der Waals surface area contributed by atoms with Crippen LogP contribution in [0.4, 0.5) is 5.69 Å². The molecule has 130 valence electrons. The zero-order valence-electron chi connectivity index (χ0n) is 14.9. The summed E-state index contributed by atoms with van der Waals surface area (Å²) in [6.45, 7) is 4.16. The molecule has 0 fully saturated rings. The first-order valence-corrected chi connectivity index (χ1v) is 8.52. The highest BCUT2D eigenvalue weighted by atomic mass is 16.4. The first kappa shape index (κ1) is 16.3. The van der Waals surface area contributed by atoms with Gasteiger partial charge in [0.1, 0.15) is 11.1 Å². The Labute approximate surface area is 151 Å². The molecule has 1 aromatic heterocycles. The Morgan fingerprint density at radius 2 is 1.77 bits per heavy atom. The molecule has 1 aliphatic rings. The molecule has 4 rings (SSSR count). The van der Waals surface area contributed by atoms with Crippen LogP contribution < -0.4 is 10.5 Å². The van der Waals surface area contributed by atoms with Crippen molar-refractivity contribution in [2.24, 2.45) is 0 Å². The topological polar surface area (TPSA) is 50.5 Å². The first-order chi connectivity index (χ1) is 12.4. The van der Waals surface area contributed by atoms with Crippen LogP contribution in [0.2, 0.25) is 0 Å². The van der Waals surface area contributed by atoms with Gasteiger partial charge in [-0.05, 0) is 23.8 Å². The number of rotatable bonds is 2. The zero-order valence-corrected chi connectivity index (χ0v) is 14.9. The van der Waals surface area contributed by atoms with E-state index in [1.54, 1.807) is 24.3 Å². The van der Waals surface area contributed by atoms with Crippen molar-refractivity contribution in [3.8, 4) is 0 Å². The van der Waals surface area contributed by atoms with Gasteiger partial charge in [-0.2, -0.15) is 0 Å². The van der Waals surface area contributed by atoms with E-state index < -0.39 is 5.63 Å². The summed E-state index contributed by atoms with van der Waals surface area (Å²) in [5, 5.41) is 0.733. The Morgan fingerprint density at radius 1 is 1.08 bits per heavy atom. The van der Waals surface area contributed by atoms with Crippen molar-refractivity contribution >= 4 is 22.4 Å². The number of para-hydroxylation sites is 2. The van der Waals surface area contributed by atoms with Crippen LogP contribution in [-0.2, 0) is 5.41 Å². The van der Waals surface area contributed by atoms with Crippen molar-refractivity contribution in [2.45, 2.75) is 19.3 Å². The van der Waals surface area contributed by atoms with Crippen LogP contribution in [0.15, 0.2) is 75.6 Å². The minimum atomic E-state index is -0.610.